The topological polar surface area (TPSA) is 88.6 Å². The Labute approximate surface area is 158 Å². The highest BCUT2D eigenvalue weighted by atomic mass is 16.6. The van der Waals surface area contributed by atoms with Crippen molar-refractivity contribution in [3.8, 4) is 5.75 Å². The van der Waals surface area contributed by atoms with Gasteiger partial charge >= 0.3 is 6.09 Å². The van der Waals surface area contributed by atoms with E-state index in [9.17, 15) is 4.79 Å². The molecule has 8 heteroatoms. The lowest BCUT2D eigenvalue weighted by Crippen LogP contribution is -2.42. The minimum absolute atomic E-state index is 0.232. The maximum atomic E-state index is 11.8. The Kier molecular flexibility index (Phi) is 6.30. The van der Waals surface area contributed by atoms with Gasteiger partial charge in [-0.25, -0.2) is 9.78 Å². The van der Waals surface area contributed by atoms with Crippen molar-refractivity contribution in [3.05, 3.63) is 36.5 Å². The van der Waals surface area contributed by atoms with E-state index in [2.05, 4.69) is 20.6 Å². The molecule has 1 aliphatic heterocycles. The fourth-order valence-electron chi connectivity index (χ4n) is 2.93. The lowest BCUT2D eigenvalue weighted by Gasteiger charge is -2.31. The maximum absolute atomic E-state index is 11.8. The number of carbonyl (C=O) groups is 1. The fourth-order valence-corrected chi connectivity index (χ4v) is 2.93. The van der Waals surface area contributed by atoms with Crippen LogP contribution >= 0.6 is 0 Å². The van der Waals surface area contributed by atoms with Gasteiger partial charge in [0.25, 0.3) is 0 Å². The van der Waals surface area contributed by atoms with E-state index in [1.54, 1.807) is 18.2 Å². The lowest BCUT2D eigenvalue weighted by molar-refractivity contribution is 0.0983. The van der Waals surface area contributed by atoms with Gasteiger partial charge in [0.15, 0.2) is 0 Å². The molecule has 27 heavy (non-hydrogen) atoms. The number of rotatable bonds is 6. The third-order valence-electron chi connectivity index (χ3n) is 4.37. The highest BCUT2D eigenvalue weighted by molar-refractivity contribution is 5.67. The van der Waals surface area contributed by atoms with Crippen LogP contribution in [-0.4, -0.2) is 53.8 Å². The van der Waals surface area contributed by atoms with Crippen LogP contribution < -0.4 is 15.4 Å². The number of methoxy groups -OCH3 is 1. The second kappa shape index (κ2) is 9.07. The van der Waals surface area contributed by atoms with E-state index >= 15 is 0 Å². The Morgan fingerprint density at radius 2 is 1.96 bits per heavy atom. The number of carbonyl (C=O) groups excluding carboxylic acids is 1. The van der Waals surface area contributed by atoms with Crippen molar-refractivity contribution < 1.29 is 14.3 Å². The Bertz CT molecular complexity index is 745. The number of nitrogens with zero attached hydrogens (tertiary/aromatic N) is 3. The highest BCUT2D eigenvalue weighted by Crippen LogP contribution is 2.20. The van der Waals surface area contributed by atoms with Gasteiger partial charge in [0, 0.05) is 31.0 Å². The van der Waals surface area contributed by atoms with Crippen LogP contribution in [-0.2, 0) is 4.74 Å². The smallest absolute Gasteiger partial charge is 0.409 e. The molecule has 0 unspecified atom stereocenters. The normalized spacial score (nSPS) is 14.5. The predicted octanol–water partition coefficient (Wildman–Crippen LogP) is 3.26. The van der Waals surface area contributed by atoms with Gasteiger partial charge in [-0.2, -0.15) is 4.98 Å². The Morgan fingerprint density at radius 3 is 2.63 bits per heavy atom. The monoisotopic (exact) mass is 371 g/mol. The minimum atomic E-state index is -0.232. The molecule has 2 N–H and O–H groups in total. The van der Waals surface area contributed by atoms with Crippen LogP contribution in [0.1, 0.15) is 19.8 Å². The molecule has 1 amide bonds. The molecule has 0 aliphatic carbocycles. The summed E-state index contributed by atoms with van der Waals surface area (Å²) < 4.78 is 10.2. The van der Waals surface area contributed by atoms with Gasteiger partial charge in [-0.15, -0.1) is 0 Å². The molecule has 0 atom stereocenters. The van der Waals surface area contributed by atoms with Crippen LogP contribution in [0.4, 0.5) is 22.2 Å². The second-order valence-electron chi connectivity index (χ2n) is 6.22. The summed E-state index contributed by atoms with van der Waals surface area (Å²) in [6.07, 6.45) is 3.19. The number of anilines is 3. The van der Waals surface area contributed by atoms with Gasteiger partial charge < -0.3 is 25.0 Å². The van der Waals surface area contributed by atoms with Crippen molar-refractivity contribution in [2.75, 3.05) is 37.4 Å². The molecule has 1 aromatic carbocycles. The molecule has 0 spiro atoms. The van der Waals surface area contributed by atoms with Crippen LogP contribution in [0, 0.1) is 0 Å². The number of nitrogens with one attached hydrogen (secondary N) is 2. The zero-order valence-corrected chi connectivity index (χ0v) is 15.6. The maximum Gasteiger partial charge on any atom is 0.409 e. The molecule has 2 aromatic rings. The molecule has 1 aliphatic rings. The summed E-state index contributed by atoms with van der Waals surface area (Å²) >= 11 is 0. The second-order valence-corrected chi connectivity index (χ2v) is 6.22. The molecule has 0 saturated carbocycles. The molecular weight excluding hydrogens is 346 g/mol. The summed E-state index contributed by atoms with van der Waals surface area (Å²) in [6, 6.07) is 9.68. The molecule has 0 bridgehead atoms. The lowest BCUT2D eigenvalue weighted by atomic mass is 10.1. The van der Waals surface area contributed by atoms with E-state index in [1.807, 2.05) is 37.3 Å². The van der Waals surface area contributed by atoms with E-state index in [-0.39, 0.29) is 12.1 Å². The van der Waals surface area contributed by atoms with Gasteiger partial charge in [0.2, 0.25) is 5.95 Å². The number of piperidine rings is 1. The Balaban J connectivity index is 1.54. The average molecular weight is 371 g/mol. The Hall–Kier alpha value is -3.03. The first-order valence-electron chi connectivity index (χ1n) is 9.10. The summed E-state index contributed by atoms with van der Waals surface area (Å²) in [5.74, 6) is 2.08. The van der Waals surface area contributed by atoms with Crippen molar-refractivity contribution in [2.24, 2.45) is 0 Å². The number of likely N-dealkylation sites (tertiary alicyclic amines) is 1. The third-order valence-corrected chi connectivity index (χ3v) is 4.37. The van der Waals surface area contributed by atoms with Crippen LogP contribution in [0.25, 0.3) is 0 Å². The third kappa shape index (κ3) is 5.22. The van der Waals surface area contributed by atoms with Gasteiger partial charge in [-0.1, -0.05) is 0 Å². The molecule has 1 fully saturated rings. The number of ether oxygens (including phenoxy) is 2. The highest BCUT2D eigenvalue weighted by Gasteiger charge is 2.23. The molecular formula is C19H25N5O3. The SMILES string of the molecule is CCOC(=O)N1CCC(Nc2ccnc(Nc3ccc(OC)cc3)n2)CC1. The largest absolute Gasteiger partial charge is 0.497 e. The molecule has 2 heterocycles. The molecule has 1 saturated heterocycles. The minimum Gasteiger partial charge on any atom is -0.497 e. The molecule has 8 nitrogen and oxygen atoms in total. The van der Waals surface area contributed by atoms with E-state index in [4.69, 9.17) is 9.47 Å². The van der Waals surface area contributed by atoms with Crippen molar-refractivity contribution in [2.45, 2.75) is 25.8 Å². The van der Waals surface area contributed by atoms with Gasteiger partial charge in [-0.3, -0.25) is 0 Å². The van der Waals surface area contributed by atoms with Crippen LogP contribution in [0.3, 0.4) is 0 Å². The number of amides is 1. The first kappa shape index (κ1) is 18.8. The first-order chi connectivity index (χ1) is 13.2. The molecule has 1 aromatic heterocycles. The van der Waals surface area contributed by atoms with Gasteiger partial charge in [-0.05, 0) is 50.1 Å². The van der Waals surface area contributed by atoms with Crippen molar-refractivity contribution in [1.82, 2.24) is 14.9 Å². The van der Waals surface area contributed by atoms with Crippen molar-refractivity contribution in [1.29, 1.82) is 0 Å². The number of aromatic nitrogens is 2. The summed E-state index contributed by atoms with van der Waals surface area (Å²) in [7, 11) is 1.64. The summed E-state index contributed by atoms with van der Waals surface area (Å²) in [6.45, 7) is 3.58. The van der Waals surface area contributed by atoms with Crippen LogP contribution in [0.15, 0.2) is 36.5 Å². The number of hydrogen-bond acceptors (Lipinski definition) is 7. The summed E-state index contributed by atoms with van der Waals surface area (Å²) in [5.41, 5.74) is 0.885. The number of benzene rings is 1. The van der Waals surface area contributed by atoms with E-state index in [1.165, 1.54) is 0 Å². The zero-order chi connectivity index (χ0) is 19.1. The quantitative estimate of drug-likeness (QED) is 0.806. The van der Waals surface area contributed by atoms with E-state index in [0.29, 0.717) is 25.6 Å². The summed E-state index contributed by atoms with van der Waals surface area (Å²) in [5, 5.41) is 6.61. The van der Waals surface area contributed by atoms with E-state index < -0.39 is 0 Å². The van der Waals surface area contributed by atoms with Crippen molar-refractivity contribution in [3.63, 3.8) is 0 Å². The predicted molar refractivity (Wildman–Crippen MR) is 104 cm³/mol. The molecule has 3 rings (SSSR count). The number of hydrogen-bond donors (Lipinski definition) is 2. The zero-order valence-electron chi connectivity index (χ0n) is 15.6. The van der Waals surface area contributed by atoms with E-state index in [0.717, 1.165) is 30.1 Å². The molecule has 0 radical (unpaired) electrons. The Morgan fingerprint density at radius 1 is 1.22 bits per heavy atom. The van der Waals surface area contributed by atoms with Gasteiger partial charge in [0.1, 0.15) is 11.6 Å². The molecule has 144 valence electrons. The standard InChI is InChI=1S/C19H25N5O3/c1-3-27-19(25)24-12-9-15(10-13-24)21-17-8-11-20-18(23-17)22-14-4-6-16(26-2)7-5-14/h4-8,11,15H,3,9-10,12-13H2,1-2H3,(H2,20,21,22,23). The first-order valence-corrected chi connectivity index (χ1v) is 9.10. The van der Waals surface area contributed by atoms with Crippen LogP contribution in [0.5, 0.6) is 5.75 Å². The average Bonchev–Trinajstić information content (AvgIpc) is 2.70. The fraction of sp³-hybridized carbons (Fsp3) is 0.421. The van der Waals surface area contributed by atoms with Crippen LogP contribution in [0.2, 0.25) is 0 Å². The summed E-state index contributed by atoms with van der Waals surface area (Å²) in [4.78, 5) is 22.3. The van der Waals surface area contributed by atoms with Gasteiger partial charge in [0.05, 0.1) is 13.7 Å². The van der Waals surface area contributed by atoms with Crippen molar-refractivity contribution >= 4 is 23.5 Å².